The number of nitrogens with zero attached hydrogens (tertiary/aromatic N) is 2. The van der Waals surface area contributed by atoms with Crippen LogP contribution in [0.2, 0.25) is 5.02 Å². The number of benzene rings is 2. The second-order valence-corrected chi connectivity index (χ2v) is 7.86. The van der Waals surface area contributed by atoms with Crippen molar-refractivity contribution in [2.75, 3.05) is 32.5 Å². The van der Waals surface area contributed by atoms with Crippen molar-refractivity contribution in [2.45, 2.75) is 12.8 Å². The molecule has 30 heavy (non-hydrogen) atoms. The molecule has 0 radical (unpaired) electrons. The average molecular weight is 432 g/mol. The monoisotopic (exact) mass is 431 g/mol. The van der Waals surface area contributed by atoms with Crippen LogP contribution in [-0.4, -0.2) is 54.7 Å². The quantitative estimate of drug-likeness (QED) is 0.803. The fraction of sp³-hybridized carbons (Fsp3) is 0.318. The summed E-state index contributed by atoms with van der Waals surface area (Å²) in [6.45, 7) is 0.863. The van der Waals surface area contributed by atoms with Crippen LogP contribution in [0.4, 0.5) is 10.1 Å². The number of hydrogen-bond donors (Lipinski definition) is 1. The Morgan fingerprint density at radius 1 is 1.03 bits per heavy atom. The molecule has 0 unspecified atom stereocenters. The van der Waals surface area contributed by atoms with E-state index in [4.69, 9.17) is 11.6 Å². The fourth-order valence-corrected chi connectivity index (χ4v) is 3.53. The van der Waals surface area contributed by atoms with Gasteiger partial charge in [0.25, 0.3) is 11.8 Å². The van der Waals surface area contributed by atoms with Gasteiger partial charge in [0, 0.05) is 44.2 Å². The number of piperidine rings is 1. The van der Waals surface area contributed by atoms with Crippen molar-refractivity contribution in [3.63, 3.8) is 0 Å². The van der Waals surface area contributed by atoms with E-state index in [9.17, 15) is 18.8 Å². The van der Waals surface area contributed by atoms with E-state index in [2.05, 4.69) is 5.32 Å². The molecule has 1 aliphatic heterocycles. The summed E-state index contributed by atoms with van der Waals surface area (Å²) in [5.41, 5.74) is 1.24. The molecular weight excluding hydrogens is 409 g/mol. The molecule has 0 atom stereocenters. The lowest BCUT2D eigenvalue weighted by atomic mass is 9.95. The van der Waals surface area contributed by atoms with Crippen LogP contribution in [0.25, 0.3) is 0 Å². The predicted octanol–water partition coefficient (Wildman–Crippen LogP) is 3.67. The van der Waals surface area contributed by atoms with Gasteiger partial charge in [-0.05, 0) is 55.3 Å². The Morgan fingerprint density at radius 2 is 1.63 bits per heavy atom. The maximum absolute atomic E-state index is 13.0. The number of anilines is 1. The zero-order valence-corrected chi connectivity index (χ0v) is 17.6. The number of nitrogens with one attached hydrogen (secondary N) is 1. The largest absolute Gasteiger partial charge is 0.345 e. The van der Waals surface area contributed by atoms with Crippen molar-refractivity contribution in [2.24, 2.45) is 5.92 Å². The zero-order valence-electron chi connectivity index (χ0n) is 16.8. The maximum atomic E-state index is 13.0. The van der Waals surface area contributed by atoms with Crippen molar-refractivity contribution in [3.05, 3.63) is 64.4 Å². The number of hydrogen-bond acceptors (Lipinski definition) is 3. The SMILES string of the molecule is CN(C)C(=O)c1ccc(Cl)c(NC(=O)C2CCN(C(=O)c3ccc(F)cc3)CC2)c1. The third-order valence-electron chi connectivity index (χ3n) is 5.12. The van der Waals surface area contributed by atoms with E-state index in [1.165, 1.54) is 29.2 Å². The minimum atomic E-state index is -0.392. The third kappa shape index (κ3) is 4.97. The van der Waals surface area contributed by atoms with Crippen LogP contribution in [0, 0.1) is 11.7 Å². The van der Waals surface area contributed by atoms with Crippen LogP contribution in [0.5, 0.6) is 0 Å². The summed E-state index contributed by atoms with van der Waals surface area (Å²) < 4.78 is 13.0. The Hall–Kier alpha value is -2.93. The van der Waals surface area contributed by atoms with Gasteiger partial charge < -0.3 is 15.1 Å². The van der Waals surface area contributed by atoms with Gasteiger partial charge in [-0.15, -0.1) is 0 Å². The minimum absolute atomic E-state index is 0.174. The molecule has 0 saturated carbocycles. The van der Waals surface area contributed by atoms with Crippen molar-refractivity contribution < 1.29 is 18.8 Å². The second-order valence-electron chi connectivity index (χ2n) is 7.46. The summed E-state index contributed by atoms with van der Waals surface area (Å²) in [5, 5.41) is 3.16. The van der Waals surface area contributed by atoms with Crippen LogP contribution < -0.4 is 5.32 Å². The molecule has 0 aromatic heterocycles. The van der Waals surface area contributed by atoms with E-state index in [-0.39, 0.29) is 23.6 Å². The Labute approximate surface area is 179 Å². The van der Waals surface area contributed by atoms with E-state index >= 15 is 0 Å². The first-order chi connectivity index (χ1) is 14.3. The number of rotatable bonds is 4. The molecule has 1 saturated heterocycles. The van der Waals surface area contributed by atoms with Gasteiger partial charge in [0.2, 0.25) is 5.91 Å². The first-order valence-corrected chi connectivity index (χ1v) is 10.0. The highest BCUT2D eigenvalue weighted by Crippen LogP contribution is 2.26. The van der Waals surface area contributed by atoms with Crippen molar-refractivity contribution in [1.29, 1.82) is 0 Å². The summed E-state index contributed by atoms with van der Waals surface area (Å²) in [7, 11) is 3.30. The zero-order chi connectivity index (χ0) is 21.8. The third-order valence-corrected chi connectivity index (χ3v) is 5.45. The molecule has 6 nitrogen and oxygen atoms in total. The van der Waals surface area contributed by atoms with Crippen LogP contribution in [-0.2, 0) is 4.79 Å². The van der Waals surface area contributed by atoms with Crippen molar-refractivity contribution >= 4 is 35.0 Å². The number of carbonyl (C=O) groups is 3. The first kappa shape index (κ1) is 21.8. The van der Waals surface area contributed by atoms with Crippen molar-refractivity contribution in [3.8, 4) is 0 Å². The van der Waals surface area contributed by atoms with E-state index in [0.29, 0.717) is 47.8 Å². The Bertz CT molecular complexity index is 955. The van der Waals surface area contributed by atoms with Gasteiger partial charge in [0.15, 0.2) is 0 Å². The van der Waals surface area contributed by atoms with Gasteiger partial charge in [0.05, 0.1) is 10.7 Å². The van der Waals surface area contributed by atoms with Gasteiger partial charge in [-0.1, -0.05) is 11.6 Å². The summed E-state index contributed by atoms with van der Waals surface area (Å²) in [6.07, 6.45) is 1.01. The Balaban J connectivity index is 1.60. The lowest BCUT2D eigenvalue weighted by Crippen LogP contribution is -2.41. The Morgan fingerprint density at radius 3 is 2.23 bits per heavy atom. The highest BCUT2D eigenvalue weighted by Gasteiger charge is 2.28. The lowest BCUT2D eigenvalue weighted by molar-refractivity contribution is -0.121. The lowest BCUT2D eigenvalue weighted by Gasteiger charge is -2.31. The van der Waals surface area contributed by atoms with Crippen LogP contribution >= 0.6 is 11.6 Å². The molecule has 3 rings (SSSR count). The Kier molecular flexibility index (Phi) is 6.72. The number of likely N-dealkylation sites (tertiary alicyclic amines) is 1. The van der Waals surface area contributed by atoms with Gasteiger partial charge >= 0.3 is 0 Å². The molecule has 8 heteroatoms. The molecule has 1 N–H and O–H groups in total. The number of carbonyl (C=O) groups excluding carboxylic acids is 3. The highest BCUT2D eigenvalue weighted by molar-refractivity contribution is 6.34. The molecule has 0 aliphatic carbocycles. The summed E-state index contributed by atoms with van der Waals surface area (Å²) in [4.78, 5) is 40.5. The number of halogens is 2. The van der Waals surface area contributed by atoms with Crippen molar-refractivity contribution in [1.82, 2.24) is 9.80 Å². The normalized spacial score (nSPS) is 14.3. The van der Waals surface area contributed by atoms with Crippen LogP contribution in [0.1, 0.15) is 33.6 Å². The first-order valence-electron chi connectivity index (χ1n) is 9.63. The molecule has 2 aromatic carbocycles. The minimum Gasteiger partial charge on any atom is -0.345 e. The smallest absolute Gasteiger partial charge is 0.253 e. The molecule has 1 aliphatic rings. The molecule has 2 aromatic rings. The molecule has 3 amide bonds. The fourth-order valence-electron chi connectivity index (χ4n) is 3.37. The van der Waals surface area contributed by atoms with Gasteiger partial charge in [-0.3, -0.25) is 14.4 Å². The van der Waals surface area contributed by atoms with Gasteiger partial charge in [-0.2, -0.15) is 0 Å². The summed E-state index contributed by atoms with van der Waals surface area (Å²) in [5.74, 6) is -1.22. The van der Waals surface area contributed by atoms with E-state index in [1.54, 1.807) is 37.2 Å². The predicted molar refractivity (Wildman–Crippen MR) is 113 cm³/mol. The number of amides is 3. The van der Waals surface area contributed by atoms with E-state index < -0.39 is 5.82 Å². The molecule has 158 valence electrons. The molecule has 1 fully saturated rings. The molecular formula is C22H23ClFN3O3. The van der Waals surface area contributed by atoms with E-state index in [1.807, 2.05) is 0 Å². The second kappa shape index (κ2) is 9.26. The molecule has 1 heterocycles. The highest BCUT2D eigenvalue weighted by atomic mass is 35.5. The maximum Gasteiger partial charge on any atom is 0.253 e. The van der Waals surface area contributed by atoms with Gasteiger partial charge in [0.1, 0.15) is 5.82 Å². The molecule has 0 bridgehead atoms. The van der Waals surface area contributed by atoms with Gasteiger partial charge in [-0.25, -0.2) is 4.39 Å². The summed E-state index contributed by atoms with van der Waals surface area (Å²) in [6, 6.07) is 10.2. The van der Waals surface area contributed by atoms with Crippen LogP contribution in [0.3, 0.4) is 0 Å². The topological polar surface area (TPSA) is 69.7 Å². The summed E-state index contributed by atoms with van der Waals surface area (Å²) >= 11 is 6.19. The molecule has 0 spiro atoms. The van der Waals surface area contributed by atoms with E-state index in [0.717, 1.165) is 0 Å². The standard InChI is InChI=1S/C22H23ClFN3O3/c1-26(2)21(29)16-5-8-18(23)19(13-16)25-20(28)14-9-11-27(12-10-14)22(30)15-3-6-17(24)7-4-15/h3-8,13-14H,9-12H2,1-2H3,(H,25,28). The van der Waals surface area contributed by atoms with Crippen LogP contribution in [0.15, 0.2) is 42.5 Å². The average Bonchev–Trinajstić information content (AvgIpc) is 2.74.